The van der Waals surface area contributed by atoms with Crippen LogP contribution >= 0.6 is 11.3 Å². The molecular weight excluding hydrogens is 262 g/mol. The Bertz CT molecular complexity index is 480. The van der Waals surface area contributed by atoms with Crippen molar-refractivity contribution in [1.29, 1.82) is 5.26 Å². The molecule has 0 unspecified atom stereocenters. The first-order valence-corrected chi connectivity index (χ1v) is 7.18. The van der Waals surface area contributed by atoms with Crippen molar-refractivity contribution in [2.75, 3.05) is 31.6 Å². The normalized spacial score (nSPS) is 19.9. The molecule has 5 nitrogen and oxygen atoms in total. The van der Waals surface area contributed by atoms with Gasteiger partial charge >= 0.3 is 0 Å². The predicted molar refractivity (Wildman–Crippen MR) is 74.1 cm³/mol. The third-order valence-electron chi connectivity index (χ3n) is 3.02. The van der Waals surface area contributed by atoms with Gasteiger partial charge in [0.1, 0.15) is 11.1 Å². The van der Waals surface area contributed by atoms with Crippen molar-refractivity contribution in [2.24, 2.45) is 0 Å². The van der Waals surface area contributed by atoms with Crippen LogP contribution in [0.4, 0.5) is 5.00 Å². The van der Waals surface area contributed by atoms with Gasteiger partial charge in [0.15, 0.2) is 0 Å². The molecule has 0 spiro atoms. The minimum Gasteiger partial charge on any atom is -0.376 e. The highest BCUT2D eigenvalue weighted by Gasteiger charge is 2.17. The number of rotatable bonds is 4. The van der Waals surface area contributed by atoms with Gasteiger partial charge in [0.2, 0.25) is 5.91 Å². The molecule has 1 aliphatic heterocycles. The van der Waals surface area contributed by atoms with Crippen LogP contribution in [0, 0.1) is 11.3 Å². The molecule has 1 atom stereocenters. The molecule has 102 valence electrons. The number of amides is 1. The van der Waals surface area contributed by atoms with E-state index >= 15 is 0 Å². The van der Waals surface area contributed by atoms with Gasteiger partial charge in [-0.25, -0.2) is 0 Å². The number of carbonyl (C=O) groups is 1. The first kappa shape index (κ1) is 14.0. The Balaban J connectivity index is 1.77. The van der Waals surface area contributed by atoms with Gasteiger partial charge in [-0.15, -0.1) is 11.3 Å². The largest absolute Gasteiger partial charge is 0.376 e. The lowest BCUT2D eigenvalue weighted by atomic mass is 10.2. The summed E-state index contributed by atoms with van der Waals surface area (Å²) in [5.41, 5.74) is 0.526. The van der Waals surface area contributed by atoms with Crippen molar-refractivity contribution in [3.8, 4) is 6.07 Å². The summed E-state index contributed by atoms with van der Waals surface area (Å²) in [7, 11) is 0. The average Bonchev–Trinajstić information content (AvgIpc) is 2.84. The molecule has 19 heavy (non-hydrogen) atoms. The lowest BCUT2D eigenvalue weighted by Crippen LogP contribution is -2.42. The molecular formula is C13H17N3O2S. The van der Waals surface area contributed by atoms with E-state index in [0.717, 1.165) is 26.2 Å². The van der Waals surface area contributed by atoms with E-state index in [1.54, 1.807) is 11.4 Å². The minimum atomic E-state index is -0.0434. The molecule has 0 aromatic carbocycles. The highest BCUT2D eigenvalue weighted by molar-refractivity contribution is 7.14. The van der Waals surface area contributed by atoms with Gasteiger partial charge in [-0.1, -0.05) is 0 Å². The molecule has 0 bridgehead atoms. The van der Waals surface area contributed by atoms with Crippen LogP contribution in [0.3, 0.4) is 0 Å². The van der Waals surface area contributed by atoms with Crippen LogP contribution in [0.5, 0.6) is 0 Å². The fourth-order valence-corrected chi connectivity index (χ4v) is 2.79. The van der Waals surface area contributed by atoms with Gasteiger partial charge in [0.25, 0.3) is 0 Å². The van der Waals surface area contributed by atoms with Gasteiger partial charge in [-0.2, -0.15) is 5.26 Å². The van der Waals surface area contributed by atoms with Crippen molar-refractivity contribution in [2.45, 2.75) is 19.4 Å². The van der Waals surface area contributed by atoms with Crippen molar-refractivity contribution in [3.05, 3.63) is 17.0 Å². The smallest absolute Gasteiger partial charge is 0.226 e. The topological polar surface area (TPSA) is 65.4 Å². The first-order valence-electron chi connectivity index (χ1n) is 6.30. The van der Waals surface area contributed by atoms with E-state index in [2.05, 4.69) is 16.3 Å². The van der Waals surface area contributed by atoms with Crippen molar-refractivity contribution >= 4 is 22.2 Å². The van der Waals surface area contributed by atoms with Crippen LogP contribution in [-0.4, -0.2) is 43.2 Å². The molecule has 1 fully saturated rings. The number of nitrogens with zero attached hydrogens (tertiary/aromatic N) is 2. The lowest BCUT2D eigenvalue weighted by molar-refractivity contribution is -0.117. The summed E-state index contributed by atoms with van der Waals surface area (Å²) in [5, 5.41) is 14.1. The Morgan fingerprint density at radius 3 is 3.32 bits per heavy atom. The van der Waals surface area contributed by atoms with Crippen LogP contribution < -0.4 is 5.32 Å². The molecule has 0 radical (unpaired) electrons. The van der Waals surface area contributed by atoms with E-state index in [-0.39, 0.29) is 12.0 Å². The number of hydrogen-bond donors (Lipinski definition) is 1. The van der Waals surface area contributed by atoms with Crippen LogP contribution in [0.2, 0.25) is 0 Å². The highest BCUT2D eigenvalue weighted by atomic mass is 32.1. The quantitative estimate of drug-likeness (QED) is 0.910. The average molecular weight is 279 g/mol. The number of ether oxygens (including phenoxy) is 1. The number of hydrogen-bond acceptors (Lipinski definition) is 5. The summed E-state index contributed by atoms with van der Waals surface area (Å²) in [6.07, 6.45) is 0.675. The predicted octanol–water partition coefficient (Wildman–Crippen LogP) is 1.67. The zero-order valence-electron chi connectivity index (χ0n) is 10.9. The molecule has 1 aliphatic rings. The summed E-state index contributed by atoms with van der Waals surface area (Å²) < 4.78 is 5.45. The van der Waals surface area contributed by atoms with E-state index in [9.17, 15) is 4.79 Å². The van der Waals surface area contributed by atoms with Crippen LogP contribution in [-0.2, 0) is 9.53 Å². The van der Waals surface area contributed by atoms with E-state index in [0.29, 0.717) is 17.0 Å². The second-order valence-electron chi connectivity index (χ2n) is 4.56. The number of nitriles is 1. The second kappa shape index (κ2) is 6.66. The number of carbonyl (C=O) groups excluding carboxylic acids is 1. The SMILES string of the molecule is C[C@@H]1CN(CCC(=O)Nc2sccc2C#N)CCO1. The van der Waals surface area contributed by atoms with E-state index in [1.165, 1.54) is 11.3 Å². The maximum atomic E-state index is 11.8. The fraction of sp³-hybridized carbons (Fsp3) is 0.538. The van der Waals surface area contributed by atoms with Crippen LogP contribution in [0.25, 0.3) is 0 Å². The van der Waals surface area contributed by atoms with E-state index in [4.69, 9.17) is 10.00 Å². The zero-order valence-corrected chi connectivity index (χ0v) is 11.7. The summed E-state index contributed by atoms with van der Waals surface area (Å²) in [6, 6.07) is 3.77. The lowest BCUT2D eigenvalue weighted by Gasteiger charge is -2.30. The number of thiophene rings is 1. The van der Waals surface area contributed by atoms with Crippen molar-refractivity contribution in [1.82, 2.24) is 4.90 Å². The Labute approximate surface area is 116 Å². The third kappa shape index (κ3) is 4.03. The third-order valence-corrected chi connectivity index (χ3v) is 3.85. The Morgan fingerprint density at radius 2 is 2.58 bits per heavy atom. The minimum absolute atomic E-state index is 0.0434. The zero-order chi connectivity index (χ0) is 13.7. The number of nitrogens with one attached hydrogen (secondary N) is 1. The number of anilines is 1. The molecule has 2 rings (SSSR count). The van der Waals surface area contributed by atoms with Gasteiger partial charge in [-0.3, -0.25) is 9.69 Å². The summed E-state index contributed by atoms with van der Waals surface area (Å²) >= 11 is 1.38. The summed E-state index contributed by atoms with van der Waals surface area (Å²) in [4.78, 5) is 14.1. The molecule has 1 saturated heterocycles. The molecule has 1 aromatic rings. The molecule has 0 aliphatic carbocycles. The fourth-order valence-electron chi connectivity index (χ4n) is 2.04. The van der Waals surface area contributed by atoms with Crippen LogP contribution in [0.15, 0.2) is 11.4 Å². The van der Waals surface area contributed by atoms with E-state index in [1.807, 2.05) is 6.92 Å². The summed E-state index contributed by atoms with van der Waals surface area (Å²) in [5.74, 6) is -0.0434. The molecule has 1 aromatic heterocycles. The summed E-state index contributed by atoms with van der Waals surface area (Å²) in [6.45, 7) is 5.24. The maximum absolute atomic E-state index is 11.8. The van der Waals surface area contributed by atoms with Gasteiger partial charge in [0, 0.05) is 26.1 Å². The maximum Gasteiger partial charge on any atom is 0.226 e. The monoisotopic (exact) mass is 279 g/mol. The standard InChI is InChI=1S/C13H17N3O2S/c1-10-9-16(5-6-18-10)4-2-12(17)15-13-11(8-14)3-7-19-13/h3,7,10H,2,4-6,9H2,1H3,(H,15,17)/t10-/m1/s1. The molecule has 2 heterocycles. The highest BCUT2D eigenvalue weighted by Crippen LogP contribution is 2.22. The first-order chi connectivity index (χ1) is 9.19. The molecule has 0 saturated carbocycles. The van der Waals surface area contributed by atoms with Gasteiger partial charge < -0.3 is 10.1 Å². The van der Waals surface area contributed by atoms with Crippen molar-refractivity contribution < 1.29 is 9.53 Å². The molecule has 6 heteroatoms. The van der Waals surface area contributed by atoms with E-state index < -0.39 is 0 Å². The number of morpholine rings is 1. The molecule has 1 amide bonds. The molecule has 1 N–H and O–H groups in total. The Morgan fingerprint density at radius 1 is 1.74 bits per heavy atom. The van der Waals surface area contributed by atoms with Gasteiger partial charge in [0.05, 0.1) is 18.3 Å². The van der Waals surface area contributed by atoms with Crippen LogP contribution in [0.1, 0.15) is 18.9 Å². The second-order valence-corrected chi connectivity index (χ2v) is 5.47. The van der Waals surface area contributed by atoms with Gasteiger partial charge in [-0.05, 0) is 18.4 Å². The van der Waals surface area contributed by atoms with Crippen molar-refractivity contribution in [3.63, 3.8) is 0 Å². The Kier molecular flexibility index (Phi) is 4.91. The Hall–Kier alpha value is -1.42.